The summed E-state index contributed by atoms with van der Waals surface area (Å²) in [5.74, 6) is -2.87. The van der Waals surface area contributed by atoms with Crippen molar-refractivity contribution in [1.29, 1.82) is 5.26 Å². The molecule has 2 unspecified atom stereocenters. The van der Waals surface area contributed by atoms with E-state index in [4.69, 9.17) is 4.74 Å². The number of ether oxygens (including phenoxy) is 1. The van der Waals surface area contributed by atoms with Gasteiger partial charge in [-0.3, -0.25) is 44.0 Å². The molecule has 2 spiro atoms. The second-order valence-corrected chi connectivity index (χ2v) is 20.6. The van der Waals surface area contributed by atoms with Gasteiger partial charge in [-0.25, -0.2) is 4.39 Å². The minimum atomic E-state index is -4.80. The molecular formula is C45H43F4N7O7S. The van der Waals surface area contributed by atoms with Gasteiger partial charge in [0.2, 0.25) is 16.9 Å². The maximum Gasteiger partial charge on any atom is 0.417 e. The molecule has 2 atom stereocenters. The number of thiol groups is 1. The Morgan fingerprint density at radius 1 is 0.938 bits per heavy atom. The maximum atomic E-state index is 15.7. The molecule has 14 nitrogen and oxygen atoms in total. The van der Waals surface area contributed by atoms with E-state index in [1.807, 2.05) is 0 Å². The van der Waals surface area contributed by atoms with Crippen LogP contribution in [0, 0.1) is 28.0 Å². The summed E-state index contributed by atoms with van der Waals surface area (Å²) in [6.07, 6.45) is -0.431. The lowest BCUT2D eigenvalue weighted by Gasteiger charge is -2.62. The molecule has 3 aromatic rings. The number of likely N-dealkylation sites (tertiary alicyclic amines) is 2. The highest BCUT2D eigenvalue weighted by Gasteiger charge is 2.56. The summed E-state index contributed by atoms with van der Waals surface area (Å²) in [5, 5.41) is 12.4. The summed E-state index contributed by atoms with van der Waals surface area (Å²) in [4.78, 5) is 86.2. The maximum absolute atomic E-state index is 15.7. The molecule has 19 heteroatoms. The van der Waals surface area contributed by atoms with Gasteiger partial charge in [-0.2, -0.15) is 23.3 Å². The Bertz CT molecular complexity index is 2640. The molecule has 2 N–H and O–H groups in total. The number of piperidine rings is 2. The van der Waals surface area contributed by atoms with E-state index in [-0.39, 0.29) is 50.9 Å². The van der Waals surface area contributed by atoms with Crippen LogP contribution in [0.4, 0.5) is 23.2 Å². The molecule has 10 rings (SSSR count). The van der Waals surface area contributed by atoms with Crippen molar-refractivity contribution in [3.63, 3.8) is 0 Å². The second-order valence-electron chi connectivity index (χ2n) is 18.8. The van der Waals surface area contributed by atoms with Crippen molar-refractivity contribution in [2.24, 2.45) is 10.8 Å². The van der Waals surface area contributed by atoms with Gasteiger partial charge in [0.25, 0.3) is 17.7 Å². The number of carbonyl (C=O) groups is 6. The minimum Gasteiger partial charge on any atom is -0.493 e. The molecule has 0 radical (unpaired) electrons. The van der Waals surface area contributed by atoms with Crippen LogP contribution >= 0.6 is 11.1 Å². The molecule has 0 bridgehead atoms. The van der Waals surface area contributed by atoms with E-state index in [1.165, 1.54) is 29.3 Å². The number of nitrogens with one attached hydrogen (secondary N) is 2. The average Bonchev–Trinajstić information content (AvgIpc) is 3.61. The number of alkyl halides is 3. The first-order chi connectivity index (χ1) is 30.3. The van der Waals surface area contributed by atoms with Crippen LogP contribution in [-0.4, -0.2) is 99.8 Å². The highest BCUT2D eigenvalue weighted by Crippen LogP contribution is 2.53. The van der Waals surface area contributed by atoms with Gasteiger partial charge in [-0.1, -0.05) is 11.1 Å². The van der Waals surface area contributed by atoms with Gasteiger partial charge in [0.05, 0.1) is 46.2 Å². The summed E-state index contributed by atoms with van der Waals surface area (Å²) in [6.45, 7) is 6.34. The van der Waals surface area contributed by atoms with Crippen LogP contribution in [0.5, 0.6) is 5.75 Å². The number of fused-ring (bicyclic) bond motifs is 2. The molecule has 7 aliphatic rings. The zero-order valence-corrected chi connectivity index (χ0v) is 35.7. The van der Waals surface area contributed by atoms with Crippen LogP contribution in [0.1, 0.15) is 100 Å². The van der Waals surface area contributed by atoms with E-state index in [9.17, 15) is 47.2 Å². The number of carbonyl (C=O) groups excluding carboxylic acids is 6. The molecule has 3 aromatic carbocycles. The zero-order chi connectivity index (χ0) is 45.2. The lowest BCUT2D eigenvalue weighted by Crippen LogP contribution is -2.68. The highest BCUT2D eigenvalue weighted by molar-refractivity contribution is 8.28. The first-order valence-electron chi connectivity index (χ1n) is 21.2. The smallest absolute Gasteiger partial charge is 0.417 e. The van der Waals surface area contributed by atoms with Gasteiger partial charge in [0, 0.05) is 41.3 Å². The van der Waals surface area contributed by atoms with E-state index >= 15 is 4.39 Å². The fourth-order valence-corrected chi connectivity index (χ4v) is 12.9. The van der Waals surface area contributed by atoms with E-state index in [0.29, 0.717) is 37.9 Å². The van der Waals surface area contributed by atoms with Crippen molar-refractivity contribution in [3.8, 4) is 11.8 Å². The summed E-state index contributed by atoms with van der Waals surface area (Å²) in [6, 6.07) is 11.4. The van der Waals surface area contributed by atoms with E-state index in [0.717, 1.165) is 67.4 Å². The van der Waals surface area contributed by atoms with Gasteiger partial charge >= 0.3 is 6.18 Å². The van der Waals surface area contributed by atoms with Crippen LogP contribution in [0.3, 0.4) is 0 Å². The van der Waals surface area contributed by atoms with Crippen LogP contribution in [0.15, 0.2) is 53.4 Å². The molecular weight excluding hydrogens is 859 g/mol. The normalized spacial score (nSPS) is 25.4. The van der Waals surface area contributed by atoms with Gasteiger partial charge in [-0.05, 0) is 120 Å². The fourth-order valence-electron chi connectivity index (χ4n) is 10.7. The third kappa shape index (κ3) is 6.66. The zero-order valence-electron chi connectivity index (χ0n) is 34.8. The third-order valence-electron chi connectivity index (χ3n) is 14.4. The Balaban J connectivity index is 0.730. The summed E-state index contributed by atoms with van der Waals surface area (Å²) >= 11 is -2.02. The predicted octanol–water partition coefficient (Wildman–Crippen LogP) is 5.04. The molecule has 334 valence electrons. The number of hydrogen-bond acceptors (Lipinski definition) is 11. The fraction of sp³-hybridized carbons (Fsp3) is 0.444. The Morgan fingerprint density at radius 2 is 1.64 bits per heavy atom. The molecule has 64 heavy (non-hydrogen) atoms. The van der Waals surface area contributed by atoms with Crippen LogP contribution in [0.25, 0.3) is 0 Å². The quantitative estimate of drug-likeness (QED) is 0.178. The monoisotopic (exact) mass is 901 g/mol. The second kappa shape index (κ2) is 14.6. The van der Waals surface area contributed by atoms with Crippen molar-refractivity contribution >= 4 is 51.4 Å². The number of imide groups is 2. The van der Waals surface area contributed by atoms with Crippen molar-refractivity contribution in [2.45, 2.75) is 87.5 Å². The standard InChI is InChI=1S/C45H43F4N7O7S/c1-42(2)41(62)64(28-5-3-24(20-50)32(15-28)45(47,48)49)52-56(42)26-4-6-29(33(46)14-26)38(59)54-21-44(22-54)18-27(19-44)53-11-9-43(10-12-53)17-25-13-30-31(16-35(25)63-23-43)40(61)55(39(30)60)34-7-8-36(57)51-37(34)58/h3-6,13-16,27,34,52,64H,7-12,17-19,21-23H2,1-2H3,(H,51,57,58). The summed E-state index contributed by atoms with van der Waals surface area (Å²) in [5.41, 5.74) is -1.75. The van der Waals surface area contributed by atoms with Gasteiger partial charge < -0.3 is 14.5 Å². The van der Waals surface area contributed by atoms with Crippen LogP contribution < -0.4 is 19.9 Å². The van der Waals surface area contributed by atoms with Crippen molar-refractivity contribution < 1.29 is 51.1 Å². The Hall–Kier alpha value is -5.84. The number of hydrogen-bond donors (Lipinski definition) is 3. The summed E-state index contributed by atoms with van der Waals surface area (Å²) < 4.78 is 63.1. The Morgan fingerprint density at radius 3 is 2.30 bits per heavy atom. The number of nitrogens with zero attached hydrogens (tertiary/aromatic N) is 5. The number of rotatable bonds is 5. The SMILES string of the molecule is CC1(C)C(=O)[SH](c2ccc(C#N)c(C(F)(F)F)c2)NN1c1ccc(C(=O)N2CC3(CC(N4CCC5(CC4)COc4cc6c(cc4C5)C(=O)N(C4CCC(=O)NC4=O)C6=O)C3)C2)c(F)c1. The molecule has 5 amide bonds. The number of nitriles is 1. The number of halogens is 4. The van der Waals surface area contributed by atoms with Gasteiger partial charge in [0.15, 0.2) is 0 Å². The predicted molar refractivity (Wildman–Crippen MR) is 221 cm³/mol. The first-order valence-corrected chi connectivity index (χ1v) is 22.5. The number of amides is 5. The summed E-state index contributed by atoms with van der Waals surface area (Å²) in [7, 11) is 0. The van der Waals surface area contributed by atoms with Crippen molar-refractivity contribution in [3.05, 3.63) is 87.7 Å². The average molecular weight is 902 g/mol. The highest BCUT2D eigenvalue weighted by atomic mass is 32.2. The third-order valence-corrected chi connectivity index (χ3v) is 16.5. The van der Waals surface area contributed by atoms with Gasteiger partial charge in [-0.15, -0.1) is 0 Å². The van der Waals surface area contributed by atoms with E-state index in [1.54, 1.807) is 30.9 Å². The molecule has 5 fully saturated rings. The first kappa shape index (κ1) is 42.1. The van der Waals surface area contributed by atoms with Crippen molar-refractivity contribution in [2.75, 3.05) is 37.8 Å². The molecule has 6 aliphatic heterocycles. The number of benzene rings is 3. The van der Waals surface area contributed by atoms with Gasteiger partial charge in [0.1, 0.15) is 23.1 Å². The minimum absolute atomic E-state index is 0.0384. The number of anilines is 1. The molecule has 1 aliphatic carbocycles. The molecule has 6 heterocycles. The van der Waals surface area contributed by atoms with E-state index in [2.05, 4.69) is 15.0 Å². The van der Waals surface area contributed by atoms with Crippen molar-refractivity contribution in [1.82, 2.24) is 24.8 Å². The topological polar surface area (TPSA) is 172 Å². The Labute approximate surface area is 367 Å². The Kier molecular flexibility index (Phi) is 9.60. The largest absolute Gasteiger partial charge is 0.493 e. The van der Waals surface area contributed by atoms with E-state index < -0.39 is 80.4 Å². The lowest BCUT2D eigenvalue weighted by molar-refractivity contribution is -0.138. The molecule has 4 saturated heterocycles. The van der Waals surface area contributed by atoms with Crippen LogP contribution in [0.2, 0.25) is 0 Å². The molecule has 1 saturated carbocycles. The molecule has 0 aromatic heterocycles. The lowest BCUT2D eigenvalue weighted by atomic mass is 9.59. The van der Waals surface area contributed by atoms with Crippen LogP contribution in [-0.2, 0) is 27.0 Å². The number of hydrazine groups is 1.